The van der Waals surface area contributed by atoms with Gasteiger partial charge in [-0.05, 0) is 42.7 Å². The summed E-state index contributed by atoms with van der Waals surface area (Å²) in [7, 11) is 0. The molecule has 3 atom stereocenters. The summed E-state index contributed by atoms with van der Waals surface area (Å²) in [6.07, 6.45) is 7.62. The van der Waals surface area contributed by atoms with Crippen LogP contribution < -0.4 is 0 Å². The summed E-state index contributed by atoms with van der Waals surface area (Å²) in [5.74, 6) is -0.926. The second-order valence-corrected chi connectivity index (χ2v) is 7.61. The lowest BCUT2D eigenvalue weighted by Gasteiger charge is -2.37. The van der Waals surface area contributed by atoms with Gasteiger partial charge in [-0.15, -0.1) is 0 Å². The van der Waals surface area contributed by atoms with Crippen molar-refractivity contribution in [2.75, 3.05) is 32.7 Å². The standard InChI is InChI=1S/C19H24N2O.C2H2O4/c22-19(16-4-2-1-3-5-16)21-10-8-20(9-11-21)14-18-13-15-6-7-17(18)12-15;3-1(4)2(5)6/h1-7,15,17-18H,8-14H2;(H,3,4)(H,5,6). The Morgan fingerprint density at radius 2 is 1.54 bits per heavy atom. The number of benzene rings is 1. The van der Waals surface area contributed by atoms with Crippen LogP contribution in [0.5, 0.6) is 0 Å². The lowest BCUT2D eigenvalue weighted by molar-refractivity contribution is -0.159. The van der Waals surface area contributed by atoms with Crippen LogP contribution in [-0.4, -0.2) is 70.6 Å². The Labute approximate surface area is 164 Å². The molecule has 2 fully saturated rings. The minimum Gasteiger partial charge on any atom is -0.473 e. The number of aliphatic carboxylic acids is 2. The number of rotatable bonds is 3. The molecule has 1 aromatic rings. The zero-order valence-electron chi connectivity index (χ0n) is 15.7. The van der Waals surface area contributed by atoms with E-state index < -0.39 is 11.9 Å². The fourth-order valence-corrected chi connectivity index (χ4v) is 4.33. The van der Waals surface area contributed by atoms with E-state index in [1.165, 1.54) is 19.4 Å². The Balaban J connectivity index is 0.000000330. The maximum Gasteiger partial charge on any atom is 0.414 e. The fraction of sp³-hybridized carbons (Fsp3) is 0.476. The van der Waals surface area contributed by atoms with Gasteiger partial charge in [0.05, 0.1) is 0 Å². The molecule has 2 aliphatic carbocycles. The molecule has 3 aliphatic rings. The second kappa shape index (κ2) is 9.01. The number of carboxylic acid groups (broad SMARTS) is 2. The predicted octanol–water partition coefficient (Wildman–Crippen LogP) is 1.81. The third kappa shape index (κ3) is 4.98. The Morgan fingerprint density at radius 1 is 0.893 bits per heavy atom. The summed E-state index contributed by atoms with van der Waals surface area (Å²) in [5.41, 5.74) is 0.814. The summed E-state index contributed by atoms with van der Waals surface area (Å²) < 4.78 is 0. The van der Waals surface area contributed by atoms with E-state index in [1.54, 1.807) is 0 Å². The van der Waals surface area contributed by atoms with Crippen LogP contribution in [0.2, 0.25) is 0 Å². The maximum atomic E-state index is 12.5. The molecule has 2 N–H and O–H groups in total. The normalized spacial score (nSPS) is 25.9. The lowest BCUT2D eigenvalue weighted by atomic mass is 9.93. The van der Waals surface area contributed by atoms with Crippen molar-refractivity contribution >= 4 is 17.8 Å². The Morgan fingerprint density at radius 3 is 2.04 bits per heavy atom. The zero-order chi connectivity index (χ0) is 20.1. The van der Waals surface area contributed by atoms with Crippen molar-refractivity contribution < 1.29 is 24.6 Å². The van der Waals surface area contributed by atoms with Crippen LogP contribution in [0.15, 0.2) is 42.5 Å². The highest BCUT2D eigenvalue weighted by Gasteiger charge is 2.36. The number of carbonyl (C=O) groups excluding carboxylic acids is 1. The quantitative estimate of drug-likeness (QED) is 0.607. The average Bonchev–Trinajstić information content (AvgIpc) is 3.32. The molecule has 7 heteroatoms. The average molecular weight is 386 g/mol. The molecule has 1 aliphatic heterocycles. The molecule has 150 valence electrons. The summed E-state index contributed by atoms with van der Waals surface area (Å²) >= 11 is 0. The number of fused-ring (bicyclic) bond motifs is 2. The lowest BCUT2D eigenvalue weighted by Crippen LogP contribution is -2.50. The maximum absolute atomic E-state index is 12.5. The van der Waals surface area contributed by atoms with Crippen molar-refractivity contribution in [2.45, 2.75) is 12.8 Å². The summed E-state index contributed by atoms with van der Waals surface area (Å²) in [6, 6.07) is 9.66. The number of carbonyl (C=O) groups is 3. The first kappa shape index (κ1) is 20.1. The third-order valence-electron chi connectivity index (χ3n) is 5.77. The van der Waals surface area contributed by atoms with E-state index in [-0.39, 0.29) is 5.91 Å². The first-order valence-corrected chi connectivity index (χ1v) is 9.65. The molecule has 1 amide bonds. The van der Waals surface area contributed by atoms with Gasteiger partial charge in [0.2, 0.25) is 0 Å². The molecule has 1 saturated carbocycles. The van der Waals surface area contributed by atoms with Crippen LogP contribution in [0, 0.1) is 17.8 Å². The SMILES string of the molecule is O=C(O)C(=O)O.O=C(c1ccccc1)N1CCN(CC2CC3C=CC2C3)CC1. The van der Waals surface area contributed by atoms with Crippen molar-refractivity contribution in [1.29, 1.82) is 0 Å². The first-order chi connectivity index (χ1) is 13.4. The van der Waals surface area contributed by atoms with Crippen LogP contribution in [-0.2, 0) is 9.59 Å². The van der Waals surface area contributed by atoms with Crippen molar-refractivity contribution in [3.05, 3.63) is 48.0 Å². The van der Waals surface area contributed by atoms with Crippen LogP contribution in [0.3, 0.4) is 0 Å². The van der Waals surface area contributed by atoms with Gasteiger partial charge in [0.25, 0.3) is 5.91 Å². The van der Waals surface area contributed by atoms with Gasteiger partial charge in [-0.3, -0.25) is 9.69 Å². The molecule has 1 saturated heterocycles. The van der Waals surface area contributed by atoms with E-state index in [0.717, 1.165) is 49.5 Å². The van der Waals surface area contributed by atoms with Crippen LogP contribution in [0.25, 0.3) is 0 Å². The molecule has 0 spiro atoms. The van der Waals surface area contributed by atoms with E-state index in [1.807, 2.05) is 35.2 Å². The molecular weight excluding hydrogens is 360 g/mol. The highest BCUT2D eigenvalue weighted by Crippen LogP contribution is 2.43. The molecule has 2 bridgehead atoms. The van der Waals surface area contributed by atoms with Crippen LogP contribution in [0.1, 0.15) is 23.2 Å². The number of piperazine rings is 1. The minimum atomic E-state index is -1.82. The van der Waals surface area contributed by atoms with Gasteiger partial charge in [-0.2, -0.15) is 0 Å². The second-order valence-electron chi connectivity index (χ2n) is 7.61. The van der Waals surface area contributed by atoms with Crippen molar-refractivity contribution in [1.82, 2.24) is 9.80 Å². The van der Waals surface area contributed by atoms with Crippen LogP contribution >= 0.6 is 0 Å². The van der Waals surface area contributed by atoms with E-state index >= 15 is 0 Å². The Bertz CT molecular complexity index is 728. The summed E-state index contributed by atoms with van der Waals surface area (Å²) in [6.45, 7) is 5.00. The van der Waals surface area contributed by atoms with Crippen molar-refractivity contribution in [3.63, 3.8) is 0 Å². The third-order valence-corrected chi connectivity index (χ3v) is 5.77. The van der Waals surface area contributed by atoms with E-state index in [0.29, 0.717) is 0 Å². The number of nitrogens with zero attached hydrogens (tertiary/aromatic N) is 2. The van der Waals surface area contributed by atoms with Gasteiger partial charge < -0.3 is 15.1 Å². The van der Waals surface area contributed by atoms with Gasteiger partial charge in [0, 0.05) is 38.3 Å². The smallest absolute Gasteiger partial charge is 0.414 e. The molecular formula is C21H26N2O5. The van der Waals surface area contributed by atoms with Gasteiger partial charge in [0.1, 0.15) is 0 Å². The van der Waals surface area contributed by atoms with Crippen molar-refractivity contribution in [2.24, 2.45) is 17.8 Å². The largest absolute Gasteiger partial charge is 0.473 e. The summed E-state index contributed by atoms with van der Waals surface area (Å²) in [5, 5.41) is 14.8. The Hall–Kier alpha value is -2.67. The first-order valence-electron chi connectivity index (χ1n) is 9.65. The Kier molecular flexibility index (Phi) is 6.46. The zero-order valence-corrected chi connectivity index (χ0v) is 15.7. The van der Waals surface area contributed by atoms with Gasteiger partial charge in [-0.1, -0.05) is 30.4 Å². The van der Waals surface area contributed by atoms with Gasteiger partial charge >= 0.3 is 11.9 Å². The minimum absolute atomic E-state index is 0.183. The molecule has 7 nitrogen and oxygen atoms in total. The number of hydrogen-bond acceptors (Lipinski definition) is 4. The van der Waals surface area contributed by atoms with Gasteiger partial charge in [-0.25, -0.2) is 9.59 Å². The van der Waals surface area contributed by atoms with Gasteiger partial charge in [0.15, 0.2) is 0 Å². The van der Waals surface area contributed by atoms with Crippen LogP contribution in [0.4, 0.5) is 0 Å². The molecule has 1 aromatic carbocycles. The molecule has 0 aromatic heterocycles. The molecule has 0 radical (unpaired) electrons. The van der Waals surface area contributed by atoms with Crippen molar-refractivity contribution in [3.8, 4) is 0 Å². The predicted molar refractivity (Wildman–Crippen MR) is 103 cm³/mol. The monoisotopic (exact) mass is 386 g/mol. The number of hydrogen-bond donors (Lipinski definition) is 2. The molecule has 4 rings (SSSR count). The molecule has 3 unspecified atom stereocenters. The number of allylic oxidation sites excluding steroid dienone is 2. The van der Waals surface area contributed by atoms with E-state index in [2.05, 4.69) is 17.1 Å². The topological polar surface area (TPSA) is 98.1 Å². The summed E-state index contributed by atoms with van der Waals surface area (Å²) in [4.78, 5) is 35.2. The van der Waals surface area contributed by atoms with E-state index in [9.17, 15) is 4.79 Å². The van der Waals surface area contributed by atoms with E-state index in [4.69, 9.17) is 19.8 Å². The fourth-order valence-electron chi connectivity index (χ4n) is 4.33. The highest BCUT2D eigenvalue weighted by atomic mass is 16.4. The highest BCUT2D eigenvalue weighted by molar-refractivity contribution is 6.27. The number of amides is 1. The molecule has 28 heavy (non-hydrogen) atoms. The number of carboxylic acids is 2. The molecule has 1 heterocycles.